The van der Waals surface area contributed by atoms with E-state index < -0.39 is 26.9 Å². The van der Waals surface area contributed by atoms with Crippen molar-refractivity contribution in [2.45, 2.75) is 87.8 Å². The van der Waals surface area contributed by atoms with Crippen molar-refractivity contribution in [2.75, 3.05) is 27.2 Å². The fourth-order valence-corrected chi connectivity index (χ4v) is 8.88. The third-order valence-electron chi connectivity index (χ3n) is 10.9. The van der Waals surface area contributed by atoms with Crippen LogP contribution in [-0.4, -0.2) is 79.4 Å². The summed E-state index contributed by atoms with van der Waals surface area (Å²) in [6.07, 6.45) is 8.55. The van der Waals surface area contributed by atoms with Crippen LogP contribution in [0.25, 0.3) is 22.2 Å². The lowest BCUT2D eigenvalue weighted by Gasteiger charge is -2.41. The van der Waals surface area contributed by atoms with Gasteiger partial charge in [0, 0.05) is 48.2 Å². The Labute approximate surface area is 278 Å². The molecule has 1 N–H and O–H groups in total. The second-order valence-corrected chi connectivity index (χ2v) is 15.8. The van der Waals surface area contributed by atoms with Crippen LogP contribution in [0.15, 0.2) is 42.5 Å². The molecule has 2 aromatic carbocycles. The number of hydrogen-bond donors (Lipinski definition) is 1. The number of carbonyl (C=O) groups excluding carboxylic acids is 2. The van der Waals surface area contributed by atoms with Crippen molar-refractivity contribution in [3.05, 3.63) is 53.6 Å². The number of hydrogen-bond acceptors (Lipinski definition) is 6. The Bertz CT molecular complexity index is 1830. The molecule has 9 nitrogen and oxygen atoms in total. The highest BCUT2D eigenvalue weighted by atomic mass is 32.2. The Hall–Kier alpha value is -3.58. The minimum Gasteiger partial charge on any atom is -0.497 e. The van der Waals surface area contributed by atoms with Gasteiger partial charge in [-0.1, -0.05) is 25.3 Å². The van der Waals surface area contributed by atoms with Gasteiger partial charge in [0.2, 0.25) is 5.91 Å². The highest BCUT2D eigenvalue weighted by molar-refractivity contribution is 7.90. The summed E-state index contributed by atoms with van der Waals surface area (Å²) in [6, 6.07) is 12.6. The van der Waals surface area contributed by atoms with Gasteiger partial charge in [-0.3, -0.25) is 9.59 Å². The van der Waals surface area contributed by atoms with Gasteiger partial charge in [0.25, 0.3) is 5.91 Å². The summed E-state index contributed by atoms with van der Waals surface area (Å²) in [6.45, 7) is 2.02. The molecule has 2 bridgehead atoms. The van der Waals surface area contributed by atoms with E-state index in [2.05, 4.69) is 21.4 Å². The molecule has 3 aromatic rings. The third kappa shape index (κ3) is 5.76. The summed E-state index contributed by atoms with van der Waals surface area (Å²) in [5, 5.41) is 0.853. The number of carbonyl (C=O) groups is 2. The second kappa shape index (κ2) is 12.1. The van der Waals surface area contributed by atoms with Crippen LogP contribution in [-0.2, 0) is 21.4 Å². The van der Waals surface area contributed by atoms with Gasteiger partial charge in [-0.15, -0.1) is 0 Å². The summed E-state index contributed by atoms with van der Waals surface area (Å²) in [5.41, 5.74) is -2.98. The minimum atomic E-state index is -5.90. The summed E-state index contributed by atoms with van der Waals surface area (Å²) in [5.74, 6) is -0.331. The van der Waals surface area contributed by atoms with Crippen LogP contribution in [0.4, 0.5) is 13.2 Å². The van der Waals surface area contributed by atoms with Crippen molar-refractivity contribution in [3.8, 4) is 17.0 Å². The Morgan fingerprint density at radius 3 is 2.19 bits per heavy atom. The standard InChI is InChI=1S/C35H41F3N4O5S/c1-40-19-25-11-12-26(20-40)42(25)33(44)34(16-17-34)21-41-29-18-24(32(43)39-48(45,46)35(36,37)38)10-15-28(29)30(22-6-4-3-5-7-22)31(41)23-8-13-27(47-2)14-9-23/h8-10,13-15,18,22,25-26H,3-7,11-12,16-17,19-21H2,1-2H3,(H,39,43). The van der Waals surface area contributed by atoms with Crippen molar-refractivity contribution in [2.24, 2.45) is 5.41 Å². The number of alkyl halides is 3. The molecule has 2 amide bonds. The predicted octanol–water partition coefficient (Wildman–Crippen LogP) is 6.03. The highest BCUT2D eigenvalue weighted by Gasteiger charge is 2.56. The van der Waals surface area contributed by atoms with Crippen LogP contribution >= 0.6 is 0 Å². The molecule has 13 heteroatoms. The van der Waals surface area contributed by atoms with Crippen LogP contribution in [0, 0.1) is 5.41 Å². The lowest BCUT2D eigenvalue weighted by molar-refractivity contribution is -0.143. The zero-order valence-electron chi connectivity index (χ0n) is 27.2. The Kier molecular flexibility index (Phi) is 8.29. The number of rotatable bonds is 8. The van der Waals surface area contributed by atoms with E-state index in [0.29, 0.717) is 30.7 Å². The summed E-state index contributed by atoms with van der Waals surface area (Å²) in [7, 11) is -2.21. The summed E-state index contributed by atoms with van der Waals surface area (Å²) >= 11 is 0. The maximum absolute atomic E-state index is 14.5. The fraction of sp³-hybridized carbons (Fsp3) is 0.543. The Balaban J connectivity index is 1.37. The predicted molar refractivity (Wildman–Crippen MR) is 175 cm³/mol. The van der Waals surface area contributed by atoms with E-state index in [1.807, 2.05) is 24.3 Å². The number of nitrogens with one attached hydrogen (secondary N) is 1. The van der Waals surface area contributed by atoms with Crippen molar-refractivity contribution in [3.63, 3.8) is 0 Å². The number of amides is 2. The van der Waals surface area contributed by atoms with Crippen molar-refractivity contribution in [1.29, 1.82) is 0 Å². The molecule has 2 atom stereocenters. The fourth-order valence-electron chi connectivity index (χ4n) is 8.40. The number of ether oxygens (including phenoxy) is 1. The van der Waals surface area contributed by atoms with Crippen molar-refractivity contribution < 1.29 is 35.9 Å². The maximum Gasteiger partial charge on any atom is 0.516 e. The number of piperazine rings is 1. The molecule has 1 aromatic heterocycles. The normalized spacial score (nSPS) is 23.0. The average molecular weight is 687 g/mol. The molecule has 0 radical (unpaired) electrons. The molecular formula is C35H41F3N4O5S. The molecule has 2 aliphatic heterocycles. The minimum absolute atomic E-state index is 0.148. The third-order valence-corrected chi connectivity index (χ3v) is 12.0. The molecule has 2 unspecified atom stereocenters. The van der Waals surface area contributed by atoms with E-state index in [4.69, 9.17) is 4.74 Å². The van der Waals surface area contributed by atoms with E-state index in [9.17, 15) is 31.2 Å². The van der Waals surface area contributed by atoms with Gasteiger partial charge in [-0.2, -0.15) is 21.6 Å². The van der Waals surface area contributed by atoms with Crippen LogP contribution in [0.5, 0.6) is 5.75 Å². The van der Waals surface area contributed by atoms with Gasteiger partial charge in [-0.25, -0.2) is 4.72 Å². The van der Waals surface area contributed by atoms with E-state index >= 15 is 0 Å². The first kappa shape index (κ1) is 32.9. The zero-order chi connectivity index (χ0) is 34.0. The van der Waals surface area contributed by atoms with Gasteiger partial charge in [0.15, 0.2) is 0 Å². The second-order valence-electron chi connectivity index (χ2n) is 14.1. The number of sulfonamides is 1. The highest BCUT2D eigenvalue weighted by Crippen LogP contribution is 2.53. The van der Waals surface area contributed by atoms with Gasteiger partial charge in [0.1, 0.15) is 5.75 Å². The summed E-state index contributed by atoms with van der Waals surface area (Å²) < 4.78 is 71.9. The Morgan fingerprint density at radius 1 is 0.958 bits per heavy atom. The number of methoxy groups -OCH3 is 1. The number of nitrogens with zero attached hydrogens (tertiary/aromatic N) is 3. The molecule has 2 saturated heterocycles. The number of likely N-dealkylation sites (tertiary alicyclic amines) is 1. The Morgan fingerprint density at radius 2 is 1.60 bits per heavy atom. The lowest BCUT2D eigenvalue weighted by Crippen LogP contribution is -2.56. The average Bonchev–Trinajstić information content (AvgIpc) is 3.71. The molecule has 48 heavy (non-hydrogen) atoms. The zero-order valence-corrected chi connectivity index (χ0v) is 28.0. The SMILES string of the molecule is COc1ccc(-c2c(C3CCCCC3)c3ccc(C(=O)NS(=O)(=O)C(F)(F)F)cc3n2CC2(C(=O)N3C4CCC3CN(C)C4)CC2)cc1. The van der Waals surface area contributed by atoms with Crippen LogP contribution in [0.2, 0.25) is 0 Å². The van der Waals surface area contributed by atoms with E-state index in [1.165, 1.54) is 16.9 Å². The molecule has 2 saturated carbocycles. The number of aromatic nitrogens is 1. The molecule has 4 fully saturated rings. The maximum atomic E-state index is 14.5. The van der Waals surface area contributed by atoms with Crippen molar-refractivity contribution in [1.82, 2.24) is 19.1 Å². The van der Waals surface area contributed by atoms with E-state index in [-0.39, 0.29) is 29.5 Å². The largest absolute Gasteiger partial charge is 0.516 e. The first-order valence-corrected chi connectivity index (χ1v) is 18.3. The molecule has 0 spiro atoms. The van der Waals surface area contributed by atoms with Crippen molar-refractivity contribution >= 4 is 32.7 Å². The van der Waals surface area contributed by atoms with Gasteiger partial charge >= 0.3 is 15.5 Å². The summed E-state index contributed by atoms with van der Waals surface area (Å²) in [4.78, 5) is 31.9. The lowest BCUT2D eigenvalue weighted by atomic mass is 9.81. The van der Waals surface area contributed by atoms with E-state index in [0.717, 1.165) is 80.2 Å². The molecule has 4 aliphatic rings. The van der Waals surface area contributed by atoms with Gasteiger partial charge in [0.05, 0.1) is 18.2 Å². The quantitative estimate of drug-likeness (QED) is 0.311. The molecule has 258 valence electrons. The van der Waals surface area contributed by atoms with Crippen LogP contribution < -0.4 is 9.46 Å². The number of halogens is 3. The number of fused-ring (bicyclic) bond motifs is 3. The van der Waals surface area contributed by atoms with Crippen LogP contribution in [0.1, 0.15) is 79.6 Å². The molecule has 7 rings (SSSR count). The first-order valence-electron chi connectivity index (χ1n) is 16.8. The first-order chi connectivity index (χ1) is 22.8. The van der Waals surface area contributed by atoms with E-state index in [1.54, 1.807) is 13.2 Å². The van der Waals surface area contributed by atoms with Gasteiger partial charge in [-0.05, 0) is 99.0 Å². The van der Waals surface area contributed by atoms with Crippen LogP contribution in [0.3, 0.4) is 0 Å². The van der Waals surface area contributed by atoms with Gasteiger partial charge < -0.3 is 19.1 Å². The smallest absolute Gasteiger partial charge is 0.497 e. The molecule has 2 aliphatic carbocycles. The number of likely N-dealkylation sites (N-methyl/N-ethyl adjacent to an activating group) is 1. The molecule has 3 heterocycles. The number of benzene rings is 2. The molecular weight excluding hydrogens is 645 g/mol. The topological polar surface area (TPSA) is 101 Å². The monoisotopic (exact) mass is 686 g/mol.